The first-order chi connectivity index (χ1) is 15.8. The number of rotatable bonds is 17. The van der Waals surface area contributed by atoms with Crippen LogP contribution < -0.4 is 0 Å². The van der Waals surface area contributed by atoms with E-state index in [9.17, 15) is 4.79 Å². The fourth-order valence-corrected chi connectivity index (χ4v) is 4.40. The van der Waals surface area contributed by atoms with Crippen LogP contribution in [0, 0.1) is 0 Å². The highest BCUT2D eigenvalue weighted by Gasteiger charge is 2.12. The highest BCUT2D eigenvalue weighted by molar-refractivity contribution is 5.97. The molecular formula is C30H44O2. The van der Waals surface area contributed by atoms with Gasteiger partial charge in [-0.25, -0.2) is 4.79 Å². The number of methoxy groups -OCH3 is 1. The molecule has 0 saturated carbocycles. The first-order valence-corrected chi connectivity index (χ1v) is 13.0. The van der Waals surface area contributed by atoms with E-state index in [0.717, 1.165) is 17.5 Å². The third kappa shape index (κ3) is 10.0. The number of hydrogen-bond acceptors (Lipinski definition) is 2. The fraction of sp³-hybridized carbons (Fsp3) is 0.567. The minimum absolute atomic E-state index is 0.285. The summed E-state index contributed by atoms with van der Waals surface area (Å²) in [7, 11) is 1.43. The molecule has 176 valence electrons. The van der Waals surface area contributed by atoms with Gasteiger partial charge in [-0.15, -0.1) is 0 Å². The molecular weight excluding hydrogens is 392 g/mol. The first kappa shape index (κ1) is 26.2. The van der Waals surface area contributed by atoms with Gasteiger partial charge >= 0.3 is 5.97 Å². The molecule has 32 heavy (non-hydrogen) atoms. The predicted octanol–water partition coefficient (Wildman–Crippen LogP) is 9.16. The average Bonchev–Trinajstić information content (AvgIpc) is 2.84. The van der Waals surface area contributed by atoms with E-state index >= 15 is 0 Å². The Morgan fingerprint density at radius 1 is 0.656 bits per heavy atom. The maximum Gasteiger partial charge on any atom is 0.338 e. The van der Waals surface area contributed by atoms with Crippen molar-refractivity contribution in [3.63, 3.8) is 0 Å². The molecule has 2 aromatic rings. The molecule has 0 amide bonds. The highest BCUT2D eigenvalue weighted by atomic mass is 16.5. The summed E-state index contributed by atoms with van der Waals surface area (Å²) in [6.07, 6.45) is 20.7. The smallest absolute Gasteiger partial charge is 0.338 e. The number of ether oxygens (including phenoxy) is 1. The maximum absolute atomic E-state index is 12.0. The SMILES string of the molecule is CCCCCCCCCCCCCCCCc1ccc(-c2ccccc2C(=O)OC)cc1. The molecule has 0 atom stereocenters. The van der Waals surface area contributed by atoms with Crippen LogP contribution in [0.25, 0.3) is 11.1 Å². The van der Waals surface area contributed by atoms with Crippen LogP contribution in [0.1, 0.15) is 113 Å². The van der Waals surface area contributed by atoms with Gasteiger partial charge in [0.1, 0.15) is 0 Å². The average molecular weight is 437 g/mol. The predicted molar refractivity (Wildman–Crippen MR) is 137 cm³/mol. The van der Waals surface area contributed by atoms with Crippen LogP contribution in [0.2, 0.25) is 0 Å². The normalized spacial score (nSPS) is 10.9. The van der Waals surface area contributed by atoms with Crippen LogP contribution in [0.15, 0.2) is 48.5 Å². The quantitative estimate of drug-likeness (QED) is 0.182. The monoisotopic (exact) mass is 436 g/mol. The fourth-order valence-electron chi connectivity index (χ4n) is 4.40. The summed E-state index contributed by atoms with van der Waals surface area (Å²) in [6, 6.07) is 16.3. The minimum atomic E-state index is -0.285. The Morgan fingerprint density at radius 2 is 1.16 bits per heavy atom. The second kappa shape index (κ2) is 16.5. The number of benzene rings is 2. The third-order valence-corrected chi connectivity index (χ3v) is 6.42. The van der Waals surface area contributed by atoms with E-state index in [4.69, 9.17) is 4.74 Å². The van der Waals surface area contributed by atoms with Crippen LogP contribution in [0.4, 0.5) is 0 Å². The van der Waals surface area contributed by atoms with E-state index in [-0.39, 0.29) is 5.97 Å². The Labute approximate surface area is 196 Å². The first-order valence-electron chi connectivity index (χ1n) is 13.0. The lowest BCUT2D eigenvalue weighted by molar-refractivity contribution is 0.0601. The van der Waals surface area contributed by atoms with Gasteiger partial charge in [-0.05, 0) is 35.6 Å². The highest BCUT2D eigenvalue weighted by Crippen LogP contribution is 2.25. The van der Waals surface area contributed by atoms with Crippen molar-refractivity contribution in [2.45, 2.75) is 103 Å². The Bertz CT molecular complexity index is 748. The number of unbranched alkanes of at least 4 members (excludes halogenated alkanes) is 13. The van der Waals surface area contributed by atoms with Gasteiger partial charge in [0, 0.05) is 0 Å². The largest absolute Gasteiger partial charge is 0.465 e. The molecule has 0 bridgehead atoms. The molecule has 0 aliphatic rings. The number of carbonyl (C=O) groups is 1. The van der Waals surface area contributed by atoms with E-state index in [0.29, 0.717) is 5.56 Å². The molecule has 2 aromatic carbocycles. The van der Waals surface area contributed by atoms with Gasteiger partial charge in [0.2, 0.25) is 0 Å². The van der Waals surface area contributed by atoms with Crippen molar-refractivity contribution < 1.29 is 9.53 Å². The summed E-state index contributed by atoms with van der Waals surface area (Å²) < 4.78 is 4.92. The van der Waals surface area contributed by atoms with E-state index < -0.39 is 0 Å². The summed E-state index contributed by atoms with van der Waals surface area (Å²) in [6.45, 7) is 2.28. The zero-order valence-electron chi connectivity index (χ0n) is 20.5. The van der Waals surface area contributed by atoms with Crippen LogP contribution in [0.5, 0.6) is 0 Å². The lowest BCUT2D eigenvalue weighted by Crippen LogP contribution is -2.03. The molecule has 0 heterocycles. The molecule has 2 rings (SSSR count). The second-order valence-electron chi connectivity index (χ2n) is 9.08. The van der Waals surface area contributed by atoms with Crippen LogP contribution in [0.3, 0.4) is 0 Å². The molecule has 0 aliphatic carbocycles. The molecule has 0 aliphatic heterocycles. The van der Waals surface area contributed by atoms with Gasteiger partial charge < -0.3 is 4.74 Å². The molecule has 0 radical (unpaired) electrons. The van der Waals surface area contributed by atoms with Crippen LogP contribution in [-0.4, -0.2) is 13.1 Å². The van der Waals surface area contributed by atoms with E-state index in [1.165, 1.54) is 103 Å². The van der Waals surface area contributed by atoms with Gasteiger partial charge in [0.25, 0.3) is 0 Å². The molecule has 0 fully saturated rings. The molecule has 0 saturated heterocycles. The van der Waals surface area contributed by atoms with Gasteiger partial charge in [-0.3, -0.25) is 0 Å². The number of esters is 1. The van der Waals surface area contributed by atoms with Gasteiger partial charge in [-0.1, -0.05) is 133 Å². The number of aryl methyl sites for hydroxylation is 1. The standard InChI is InChI=1S/C30H44O2/c1-3-4-5-6-7-8-9-10-11-12-13-14-15-16-19-26-22-24-27(25-23-26)28-20-17-18-21-29(28)30(31)32-2/h17-18,20-25H,3-16,19H2,1-2H3. The molecule has 0 N–H and O–H groups in total. The van der Waals surface area contributed by atoms with E-state index in [1.807, 2.05) is 24.3 Å². The van der Waals surface area contributed by atoms with Gasteiger partial charge in [0.15, 0.2) is 0 Å². The Morgan fingerprint density at radius 3 is 1.69 bits per heavy atom. The molecule has 0 spiro atoms. The van der Waals surface area contributed by atoms with Crippen molar-refractivity contribution in [3.05, 3.63) is 59.7 Å². The lowest BCUT2D eigenvalue weighted by Gasteiger charge is -2.09. The Hall–Kier alpha value is -2.09. The van der Waals surface area contributed by atoms with Crippen LogP contribution in [-0.2, 0) is 11.2 Å². The lowest BCUT2D eigenvalue weighted by atomic mass is 9.97. The third-order valence-electron chi connectivity index (χ3n) is 6.42. The minimum Gasteiger partial charge on any atom is -0.465 e. The summed E-state index contributed by atoms with van der Waals surface area (Å²) in [4.78, 5) is 12.0. The summed E-state index contributed by atoms with van der Waals surface area (Å²) >= 11 is 0. The number of hydrogen-bond donors (Lipinski definition) is 0. The summed E-state index contributed by atoms with van der Waals surface area (Å²) in [5, 5.41) is 0. The Kier molecular flexibility index (Phi) is 13.5. The van der Waals surface area contributed by atoms with Crippen molar-refractivity contribution in [3.8, 4) is 11.1 Å². The Balaban J connectivity index is 1.55. The van der Waals surface area contributed by atoms with Crippen molar-refractivity contribution in [2.75, 3.05) is 7.11 Å². The molecule has 0 aromatic heterocycles. The van der Waals surface area contributed by atoms with Gasteiger partial charge in [-0.2, -0.15) is 0 Å². The van der Waals surface area contributed by atoms with E-state index in [1.54, 1.807) is 0 Å². The molecule has 2 nitrogen and oxygen atoms in total. The van der Waals surface area contributed by atoms with Crippen molar-refractivity contribution in [1.82, 2.24) is 0 Å². The zero-order chi connectivity index (χ0) is 22.9. The van der Waals surface area contributed by atoms with Crippen molar-refractivity contribution in [1.29, 1.82) is 0 Å². The van der Waals surface area contributed by atoms with Gasteiger partial charge in [0.05, 0.1) is 12.7 Å². The van der Waals surface area contributed by atoms with Crippen molar-refractivity contribution in [2.24, 2.45) is 0 Å². The topological polar surface area (TPSA) is 26.3 Å². The summed E-state index contributed by atoms with van der Waals surface area (Å²) in [5.41, 5.74) is 4.00. The van der Waals surface area contributed by atoms with E-state index in [2.05, 4.69) is 31.2 Å². The summed E-state index contributed by atoms with van der Waals surface area (Å²) in [5.74, 6) is -0.285. The molecule has 2 heteroatoms. The number of carbonyl (C=O) groups excluding carboxylic acids is 1. The zero-order valence-corrected chi connectivity index (χ0v) is 20.5. The molecule has 0 unspecified atom stereocenters. The van der Waals surface area contributed by atoms with Crippen molar-refractivity contribution >= 4 is 5.97 Å². The maximum atomic E-state index is 12.0. The van der Waals surface area contributed by atoms with Crippen LogP contribution >= 0.6 is 0 Å². The second-order valence-corrected chi connectivity index (χ2v) is 9.08.